The third kappa shape index (κ3) is 1.88. The molecule has 0 aliphatic carbocycles. The number of nitrogens with zero attached hydrogens (tertiary/aromatic N) is 2. The maximum Gasteiger partial charge on any atom is 0.295 e. The summed E-state index contributed by atoms with van der Waals surface area (Å²) in [5.74, 6) is -0.639. The fourth-order valence-corrected chi connectivity index (χ4v) is 1.97. The van der Waals surface area contributed by atoms with Crippen LogP contribution in [-0.2, 0) is 0 Å². The molecule has 1 aromatic carbocycles. The zero-order valence-electron chi connectivity index (χ0n) is 8.19. The Morgan fingerprint density at radius 2 is 2.19 bits per heavy atom. The normalized spacial score (nSPS) is 16.1. The van der Waals surface area contributed by atoms with Gasteiger partial charge in [0, 0.05) is 19.1 Å². The van der Waals surface area contributed by atoms with E-state index in [1.54, 1.807) is 4.90 Å². The van der Waals surface area contributed by atoms with Gasteiger partial charge in [-0.1, -0.05) is 0 Å². The van der Waals surface area contributed by atoms with E-state index in [4.69, 9.17) is 5.73 Å². The third-order valence-electron chi connectivity index (χ3n) is 2.46. The van der Waals surface area contributed by atoms with Gasteiger partial charge in [0.15, 0.2) is 0 Å². The summed E-state index contributed by atoms with van der Waals surface area (Å²) >= 11 is 3.01. The molecule has 5 nitrogen and oxygen atoms in total. The number of hydrogen-bond donors (Lipinski definition) is 1. The monoisotopic (exact) mass is 289 g/mol. The smallest absolute Gasteiger partial charge is 0.295 e. The Labute approximate surface area is 99.3 Å². The summed E-state index contributed by atoms with van der Waals surface area (Å²) in [6, 6.07) is 2.37. The molecule has 0 bridgehead atoms. The Morgan fingerprint density at radius 1 is 1.56 bits per heavy atom. The van der Waals surface area contributed by atoms with Crippen LogP contribution in [0, 0.1) is 15.9 Å². The first-order chi connectivity index (χ1) is 7.49. The van der Waals surface area contributed by atoms with E-state index in [9.17, 15) is 14.5 Å². The summed E-state index contributed by atoms with van der Waals surface area (Å²) in [7, 11) is 0. The Balaban J connectivity index is 2.42. The van der Waals surface area contributed by atoms with Gasteiger partial charge in [-0.2, -0.15) is 0 Å². The Kier molecular flexibility index (Phi) is 2.81. The number of nitro groups is 1. The fourth-order valence-electron chi connectivity index (χ4n) is 1.63. The minimum absolute atomic E-state index is 0.0310. The highest BCUT2D eigenvalue weighted by Gasteiger charge is 2.30. The summed E-state index contributed by atoms with van der Waals surface area (Å²) in [5.41, 5.74) is 5.78. The zero-order chi connectivity index (χ0) is 11.9. The zero-order valence-corrected chi connectivity index (χ0v) is 9.78. The van der Waals surface area contributed by atoms with Gasteiger partial charge >= 0.3 is 0 Å². The van der Waals surface area contributed by atoms with Gasteiger partial charge in [0.1, 0.15) is 11.5 Å². The van der Waals surface area contributed by atoms with E-state index >= 15 is 0 Å². The molecule has 0 amide bonds. The van der Waals surface area contributed by atoms with Crippen molar-refractivity contribution in [3.63, 3.8) is 0 Å². The number of hydrogen-bond acceptors (Lipinski definition) is 4. The molecule has 0 spiro atoms. The van der Waals surface area contributed by atoms with Crippen molar-refractivity contribution in [3.8, 4) is 0 Å². The maximum atomic E-state index is 13.2. The second-order valence-corrected chi connectivity index (χ2v) is 4.53. The average molecular weight is 290 g/mol. The molecule has 0 saturated carbocycles. The van der Waals surface area contributed by atoms with Crippen molar-refractivity contribution in [1.82, 2.24) is 0 Å². The van der Waals surface area contributed by atoms with Crippen LogP contribution in [0.5, 0.6) is 0 Å². The predicted octanol–water partition coefficient (Wildman–Crippen LogP) is 1.64. The van der Waals surface area contributed by atoms with E-state index in [0.29, 0.717) is 18.8 Å². The predicted molar refractivity (Wildman–Crippen MR) is 60.9 cm³/mol. The van der Waals surface area contributed by atoms with Crippen molar-refractivity contribution >= 4 is 27.3 Å². The fraction of sp³-hybridized carbons (Fsp3) is 0.333. The molecule has 0 atom stereocenters. The van der Waals surface area contributed by atoms with Crippen LogP contribution in [0.2, 0.25) is 0 Å². The number of halogens is 2. The lowest BCUT2D eigenvalue weighted by atomic mass is 10.1. The van der Waals surface area contributed by atoms with Gasteiger partial charge in [0.2, 0.25) is 0 Å². The Hall–Kier alpha value is -1.21. The van der Waals surface area contributed by atoms with Gasteiger partial charge in [-0.25, -0.2) is 4.39 Å². The SMILES string of the molecule is NC1CN(c2cc(Br)c(F)cc2[N+](=O)[O-])C1. The van der Waals surface area contributed by atoms with Crippen LogP contribution in [0.3, 0.4) is 0 Å². The quantitative estimate of drug-likeness (QED) is 0.664. The molecule has 2 N–H and O–H groups in total. The maximum absolute atomic E-state index is 13.2. The number of rotatable bonds is 2. The van der Waals surface area contributed by atoms with Gasteiger partial charge < -0.3 is 10.6 Å². The van der Waals surface area contributed by atoms with Gasteiger partial charge in [-0.05, 0) is 22.0 Å². The lowest BCUT2D eigenvalue weighted by molar-refractivity contribution is -0.384. The van der Waals surface area contributed by atoms with Crippen LogP contribution in [0.15, 0.2) is 16.6 Å². The number of benzene rings is 1. The molecule has 1 aliphatic rings. The molecule has 16 heavy (non-hydrogen) atoms. The highest BCUT2D eigenvalue weighted by Crippen LogP contribution is 2.35. The van der Waals surface area contributed by atoms with E-state index in [0.717, 1.165) is 6.07 Å². The number of nitrogens with two attached hydrogens (primary N) is 1. The molecule has 1 aliphatic heterocycles. The summed E-state index contributed by atoms with van der Waals surface area (Å²) in [6.45, 7) is 1.11. The van der Waals surface area contributed by atoms with Gasteiger partial charge in [0.05, 0.1) is 15.5 Å². The molecule has 0 unspecified atom stereocenters. The van der Waals surface area contributed by atoms with Gasteiger partial charge in [-0.3, -0.25) is 10.1 Å². The number of nitro benzene ring substituents is 1. The highest BCUT2D eigenvalue weighted by molar-refractivity contribution is 9.10. The molecule has 2 rings (SSSR count). The third-order valence-corrected chi connectivity index (χ3v) is 3.07. The van der Waals surface area contributed by atoms with Crippen molar-refractivity contribution in [2.24, 2.45) is 5.73 Å². The molecule has 1 saturated heterocycles. The van der Waals surface area contributed by atoms with E-state index in [-0.39, 0.29) is 16.2 Å². The standard InChI is InChI=1S/C9H9BrFN3O2/c10-6-1-8(13-3-5(12)4-13)9(14(15)16)2-7(6)11/h1-2,5H,3-4,12H2. The van der Waals surface area contributed by atoms with Crippen molar-refractivity contribution in [2.45, 2.75) is 6.04 Å². The van der Waals surface area contributed by atoms with Crippen LogP contribution in [0.4, 0.5) is 15.8 Å². The van der Waals surface area contributed by atoms with E-state index in [2.05, 4.69) is 15.9 Å². The minimum Gasteiger partial charge on any atom is -0.363 e. The molecule has 0 aromatic heterocycles. The molecule has 7 heteroatoms. The Bertz CT molecular complexity index is 449. The van der Waals surface area contributed by atoms with Crippen molar-refractivity contribution in [1.29, 1.82) is 0 Å². The van der Waals surface area contributed by atoms with Crippen molar-refractivity contribution in [2.75, 3.05) is 18.0 Å². The van der Waals surface area contributed by atoms with Crippen molar-refractivity contribution < 1.29 is 9.31 Å². The first kappa shape index (κ1) is 11.3. The van der Waals surface area contributed by atoms with Crippen LogP contribution in [0.25, 0.3) is 0 Å². The van der Waals surface area contributed by atoms with Gasteiger partial charge in [-0.15, -0.1) is 0 Å². The van der Waals surface area contributed by atoms with E-state index < -0.39 is 10.7 Å². The second-order valence-electron chi connectivity index (χ2n) is 3.68. The molecule has 1 fully saturated rings. The summed E-state index contributed by atoms with van der Waals surface area (Å²) < 4.78 is 13.4. The highest BCUT2D eigenvalue weighted by atomic mass is 79.9. The van der Waals surface area contributed by atoms with E-state index in [1.807, 2.05) is 0 Å². The molecular weight excluding hydrogens is 281 g/mol. The minimum atomic E-state index is -0.639. The summed E-state index contributed by atoms with van der Waals surface area (Å²) in [4.78, 5) is 11.9. The van der Waals surface area contributed by atoms with E-state index in [1.165, 1.54) is 6.07 Å². The topological polar surface area (TPSA) is 72.4 Å². The molecule has 86 valence electrons. The molecular formula is C9H9BrFN3O2. The summed E-state index contributed by atoms with van der Waals surface area (Å²) in [5, 5.41) is 10.8. The van der Waals surface area contributed by atoms with Crippen LogP contribution >= 0.6 is 15.9 Å². The summed E-state index contributed by atoms with van der Waals surface area (Å²) in [6.07, 6.45) is 0. The lowest BCUT2D eigenvalue weighted by Gasteiger charge is -2.38. The van der Waals surface area contributed by atoms with Gasteiger partial charge in [0.25, 0.3) is 5.69 Å². The second kappa shape index (κ2) is 3.99. The van der Waals surface area contributed by atoms with Crippen LogP contribution in [0.1, 0.15) is 0 Å². The lowest BCUT2D eigenvalue weighted by Crippen LogP contribution is -2.56. The molecule has 0 radical (unpaired) electrons. The average Bonchev–Trinajstić information content (AvgIpc) is 2.16. The molecule has 1 aromatic rings. The number of anilines is 1. The van der Waals surface area contributed by atoms with Crippen LogP contribution in [-0.4, -0.2) is 24.1 Å². The van der Waals surface area contributed by atoms with Crippen molar-refractivity contribution in [3.05, 3.63) is 32.5 Å². The Morgan fingerprint density at radius 3 is 2.69 bits per heavy atom. The van der Waals surface area contributed by atoms with Crippen LogP contribution < -0.4 is 10.6 Å². The molecule has 1 heterocycles. The largest absolute Gasteiger partial charge is 0.363 e. The first-order valence-corrected chi connectivity index (χ1v) is 5.42. The first-order valence-electron chi connectivity index (χ1n) is 4.63.